The zero-order valence-corrected chi connectivity index (χ0v) is 14.2. The fourth-order valence-electron chi connectivity index (χ4n) is 3.27. The molecule has 122 valence electrons. The summed E-state index contributed by atoms with van der Waals surface area (Å²) in [5, 5.41) is 0. The molecule has 4 aromatic rings. The van der Waals surface area contributed by atoms with Gasteiger partial charge in [-0.15, -0.1) is 0 Å². The van der Waals surface area contributed by atoms with Gasteiger partial charge < -0.3 is 9.13 Å². The van der Waals surface area contributed by atoms with Crippen LogP contribution >= 0.6 is 0 Å². The van der Waals surface area contributed by atoms with Gasteiger partial charge in [-0.05, 0) is 57.0 Å². The second-order valence-electron chi connectivity index (χ2n) is 6.62. The van der Waals surface area contributed by atoms with Crippen LogP contribution in [0, 0.1) is 0 Å². The van der Waals surface area contributed by atoms with Crippen LogP contribution in [0.1, 0.15) is 38.4 Å². The maximum Gasteiger partial charge on any atom is 0.177 e. The van der Waals surface area contributed by atoms with Gasteiger partial charge in [-0.3, -0.25) is 0 Å². The summed E-state index contributed by atoms with van der Waals surface area (Å²) in [5.41, 5.74) is 5.45. The number of nitrogens with zero attached hydrogens (tertiary/aromatic N) is 5. The quantitative estimate of drug-likeness (QED) is 0.567. The van der Waals surface area contributed by atoms with Crippen molar-refractivity contribution < 1.29 is 0 Å². The lowest BCUT2D eigenvalue weighted by Gasteiger charge is -2.15. The highest BCUT2D eigenvalue weighted by Crippen LogP contribution is 2.23. The molecule has 24 heavy (non-hydrogen) atoms. The topological polar surface area (TPSA) is 48.5 Å². The number of aromatic nitrogens is 5. The van der Waals surface area contributed by atoms with Gasteiger partial charge in [-0.2, -0.15) is 0 Å². The molecule has 0 amide bonds. The number of imidazole rings is 2. The molecule has 0 N–H and O–H groups in total. The van der Waals surface area contributed by atoms with E-state index in [4.69, 9.17) is 0 Å². The van der Waals surface area contributed by atoms with E-state index in [-0.39, 0.29) is 0 Å². The van der Waals surface area contributed by atoms with Crippen LogP contribution in [-0.2, 0) is 6.42 Å². The van der Waals surface area contributed by atoms with Crippen LogP contribution < -0.4 is 0 Å². The van der Waals surface area contributed by atoms with E-state index >= 15 is 0 Å². The van der Waals surface area contributed by atoms with Crippen molar-refractivity contribution in [2.45, 2.75) is 39.3 Å². The molecule has 0 spiro atoms. The Morgan fingerprint density at radius 3 is 2.58 bits per heavy atom. The number of benzene rings is 1. The van der Waals surface area contributed by atoms with Gasteiger partial charge in [0, 0.05) is 18.3 Å². The zero-order chi connectivity index (χ0) is 16.7. The summed E-state index contributed by atoms with van der Waals surface area (Å²) in [6.45, 7) is 6.58. The fraction of sp³-hybridized carbons (Fsp3) is 0.316. The molecule has 0 bridgehead atoms. The van der Waals surface area contributed by atoms with Gasteiger partial charge in [0.1, 0.15) is 0 Å². The smallest absolute Gasteiger partial charge is 0.177 e. The normalized spacial score (nSPS) is 13.2. The summed E-state index contributed by atoms with van der Waals surface area (Å²) in [6, 6.07) is 11.3. The molecule has 0 aliphatic rings. The van der Waals surface area contributed by atoms with Gasteiger partial charge in [0.05, 0.1) is 29.2 Å². The Morgan fingerprint density at radius 2 is 1.75 bits per heavy atom. The third kappa shape index (κ3) is 2.46. The van der Waals surface area contributed by atoms with Gasteiger partial charge in [-0.25, -0.2) is 15.0 Å². The second kappa shape index (κ2) is 5.74. The Balaban J connectivity index is 1.67. The highest BCUT2D eigenvalue weighted by Gasteiger charge is 2.12. The molecule has 3 aromatic heterocycles. The number of hydrogen-bond acceptors (Lipinski definition) is 3. The van der Waals surface area contributed by atoms with Crippen LogP contribution in [0.4, 0.5) is 0 Å². The second-order valence-corrected chi connectivity index (χ2v) is 6.62. The van der Waals surface area contributed by atoms with E-state index in [1.165, 1.54) is 11.1 Å². The van der Waals surface area contributed by atoms with Crippen LogP contribution in [0.2, 0.25) is 0 Å². The Labute approximate surface area is 141 Å². The standard InChI is InChI=1S/C19H21N5/c1-13(2)23-11-21-16-7-6-15(10-18(16)23)9-14(3)24-12-22-19-17(24)5-4-8-20-19/h4-8,10-14H,9H2,1-3H3. The van der Waals surface area contributed by atoms with Crippen molar-refractivity contribution in [1.82, 2.24) is 24.1 Å². The molecule has 0 aliphatic carbocycles. The summed E-state index contributed by atoms with van der Waals surface area (Å²) in [6.07, 6.45) is 6.54. The summed E-state index contributed by atoms with van der Waals surface area (Å²) < 4.78 is 4.42. The predicted molar refractivity (Wildman–Crippen MR) is 96.1 cm³/mol. The summed E-state index contributed by atoms with van der Waals surface area (Å²) in [7, 11) is 0. The molecule has 4 rings (SSSR count). The first-order chi connectivity index (χ1) is 11.6. The van der Waals surface area contributed by atoms with Crippen molar-refractivity contribution in [3.8, 4) is 0 Å². The third-order valence-electron chi connectivity index (χ3n) is 4.55. The van der Waals surface area contributed by atoms with Crippen molar-refractivity contribution in [2.75, 3.05) is 0 Å². The largest absolute Gasteiger partial charge is 0.328 e. The molecule has 3 heterocycles. The number of pyridine rings is 1. The van der Waals surface area contributed by atoms with E-state index in [9.17, 15) is 0 Å². The van der Waals surface area contributed by atoms with Gasteiger partial charge in [0.15, 0.2) is 5.65 Å². The summed E-state index contributed by atoms with van der Waals surface area (Å²) >= 11 is 0. The lowest BCUT2D eigenvalue weighted by molar-refractivity contribution is 0.559. The molecule has 0 saturated carbocycles. The molecule has 0 aliphatic heterocycles. The SMILES string of the molecule is CC(C)n1cnc2ccc(CC(C)n3cnc4ncccc43)cc21. The minimum Gasteiger partial charge on any atom is -0.328 e. The molecule has 5 heteroatoms. The number of rotatable bonds is 4. The highest BCUT2D eigenvalue weighted by molar-refractivity contribution is 5.76. The highest BCUT2D eigenvalue weighted by atomic mass is 15.1. The first-order valence-electron chi connectivity index (χ1n) is 8.36. The molecule has 1 atom stereocenters. The third-order valence-corrected chi connectivity index (χ3v) is 4.55. The Morgan fingerprint density at radius 1 is 0.917 bits per heavy atom. The van der Waals surface area contributed by atoms with Gasteiger partial charge in [0.2, 0.25) is 0 Å². The summed E-state index contributed by atoms with van der Waals surface area (Å²) in [4.78, 5) is 13.2. The van der Waals surface area contributed by atoms with Crippen molar-refractivity contribution in [3.63, 3.8) is 0 Å². The molecule has 1 aromatic carbocycles. The molecular formula is C19H21N5. The minimum atomic E-state index is 0.312. The fourth-order valence-corrected chi connectivity index (χ4v) is 3.27. The molecule has 0 radical (unpaired) electrons. The Bertz CT molecular complexity index is 995. The van der Waals surface area contributed by atoms with Gasteiger partial charge in [-0.1, -0.05) is 6.07 Å². The van der Waals surface area contributed by atoms with Gasteiger partial charge in [0.25, 0.3) is 0 Å². The van der Waals surface area contributed by atoms with Crippen LogP contribution in [0.5, 0.6) is 0 Å². The number of hydrogen-bond donors (Lipinski definition) is 0. The lowest BCUT2D eigenvalue weighted by atomic mass is 10.1. The average Bonchev–Trinajstić information content (AvgIpc) is 3.18. The van der Waals surface area contributed by atoms with Crippen molar-refractivity contribution >= 4 is 22.2 Å². The van der Waals surface area contributed by atoms with E-state index in [1.54, 1.807) is 6.20 Å². The van der Waals surface area contributed by atoms with E-state index in [2.05, 4.69) is 69.1 Å². The molecule has 0 fully saturated rings. The first-order valence-corrected chi connectivity index (χ1v) is 8.36. The predicted octanol–water partition coefficient (Wildman–Crippen LogP) is 4.17. The summed E-state index contributed by atoms with van der Waals surface area (Å²) in [5.74, 6) is 0. The van der Waals surface area contributed by atoms with E-state index in [0.717, 1.165) is 23.1 Å². The molecule has 5 nitrogen and oxygen atoms in total. The number of fused-ring (bicyclic) bond motifs is 2. The van der Waals surface area contributed by atoms with Gasteiger partial charge >= 0.3 is 0 Å². The average molecular weight is 319 g/mol. The van der Waals surface area contributed by atoms with Crippen molar-refractivity contribution in [1.29, 1.82) is 0 Å². The lowest BCUT2D eigenvalue weighted by Crippen LogP contribution is -2.07. The maximum absolute atomic E-state index is 4.49. The van der Waals surface area contributed by atoms with E-state index < -0.39 is 0 Å². The van der Waals surface area contributed by atoms with Crippen LogP contribution in [0.25, 0.3) is 22.2 Å². The maximum atomic E-state index is 4.49. The van der Waals surface area contributed by atoms with E-state index in [0.29, 0.717) is 12.1 Å². The van der Waals surface area contributed by atoms with Crippen molar-refractivity contribution in [3.05, 3.63) is 54.7 Å². The van der Waals surface area contributed by atoms with Crippen molar-refractivity contribution in [2.24, 2.45) is 0 Å². The monoisotopic (exact) mass is 319 g/mol. The van der Waals surface area contributed by atoms with Crippen LogP contribution in [0.3, 0.4) is 0 Å². The molecular weight excluding hydrogens is 298 g/mol. The molecule has 0 saturated heterocycles. The Hall–Kier alpha value is -2.69. The first kappa shape index (κ1) is 14.9. The minimum absolute atomic E-state index is 0.312. The van der Waals surface area contributed by atoms with E-state index in [1.807, 2.05) is 18.7 Å². The van der Waals surface area contributed by atoms with Crippen LogP contribution in [0.15, 0.2) is 49.2 Å². The van der Waals surface area contributed by atoms with Crippen LogP contribution in [-0.4, -0.2) is 24.1 Å². The molecule has 1 unspecified atom stereocenters. The zero-order valence-electron chi connectivity index (χ0n) is 14.2. The Kier molecular flexibility index (Phi) is 3.56.